The molecule has 1 fully saturated rings. The second-order valence-electron chi connectivity index (χ2n) is 8.23. The van der Waals surface area contributed by atoms with Gasteiger partial charge in [-0.3, -0.25) is 4.90 Å². The van der Waals surface area contributed by atoms with Crippen LogP contribution >= 0.6 is 0 Å². The maximum Gasteiger partial charge on any atom is 0.336 e. The van der Waals surface area contributed by atoms with Gasteiger partial charge in [0.2, 0.25) is 0 Å². The Morgan fingerprint density at radius 3 is 2.65 bits per heavy atom. The van der Waals surface area contributed by atoms with Gasteiger partial charge in [0.25, 0.3) is 0 Å². The highest BCUT2D eigenvalue weighted by Gasteiger charge is 2.35. The Labute approximate surface area is 155 Å². The van der Waals surface area contributed by atoms with Crippen molar-refractivity contribution < 1.29 is 9.52 Å². The van der Waals surface area contributed by atoms with Gasteiger partial charge in [0.15, 0.2) is 0 Å². The molecule has 0 bridgehead atoms. The second-order valence-corrected chi connectivity index (χ2v) is 8.23. The summed E-state index contributed by atoms with van der Waals surface area (Å²) in [6.45, 7) is 7.71. The molecular weight excluding hydrogens is 328 g/mol. The van der Waals surface area contributed by atoms with Crippen molar-refractivity contribution in [1.29, 1.82) is 0 Å². The van der Waals surface area contributed by atoms with Crippen LogP contribution in [0.2, 0.25) is 0 Å². The molecule has 0 amide bonds. The SMILES string of the molecule is Cc1cc2oc(=O)cc(CN3CCCC(CO)(CN(C)C)C3)c2cc1C. The van der Waals surface area contributed by atoms with Crippen LogP contribution in [-0.2, 0) is 6.54 Å². The number of fused-ring (bicyclic) bond motifs is 1. The van der Waals surface area contributed by atoms with Crippen LogP contribution in [0.4, 0.5) is 0 Å². The van der Waals surface area contributed by atoms with Gasteiger partial charge in [0, 0.05) is 36.5 Å². The first-order valence-electron chi connectivity index (χ1n) is 9.34. The summed E-state index contributed by atoms with van der Waals surface area (Å²) in [6.07, 6.45) is 2.10. The van der Waals surface area contributed by atoms with Crippen LogP contribution in [-0.4, -0.2) is 55.2 Å². The lowest BCUT2D eigenvalue weighted by Gasteiger charge is -2.43. The largest absolute Gasteiger partial charge is 0.423 e. The number of likely N-dealkylation sites (tertiary alicyclic amines) is 1. The molecule has 1 atom stereocenters. The zero-order chi connectivity index (χ0) is 18.9. The molecule has 1 saturated heterocycles. The van der Waals surface area contributed by atoms with Crippen LogP contribution in [0.25, 0.3) is 11.0 Å². The molecular formula is C21H30N2O3. The molecule has 1 aliphatic heterocycles. The van der Waals surface area contributed by atoms with E-state index in [9.17, 15) is 9.90 Å². The van der Waals surface area contributed by atoms with E-state index in [2.05, 4.69) is 36.9 Å². The van der Waals surface area contributed by atoms with Crippen LogP contribution in [0, 0.1) is 19.3 Å². The highest BCUT2D eigenvalue weighted by Crippen LogP contribution is 2.32. The van der Waals surface area contributed by atoms with E-state index in [-0.39, 0.29) is 17.6 Å². The lowest BCUT2D eigenvalue weighted by Crippen LogP contribution is -2.49. The molecule has 0 saturated carbocycles. The summed E-state index contributed by atoms with van der Waals surface area (Å²) < 4.78 is 5.42. The van der Waals surface area contributed by atoms with Gasteiger partial charge in [-0.05, 0) is 76.2 Å². The normalized spacial score (nSPS) is 21.6. The quantitative estimate of drug-likeness (QED) is 0.833. The second kappa shape index (κ2) is 7.51. The van der Waals surface area contributed by atoms with Crippen LogP contribution in [0.3, 0.4) is 0 Å². The lowest BCUT2D eigenvalue weighted by molar-refractivity contribution is 0.0106. The molecule has 0 aliphatic carbocycles. The maximum atomic E-state index is 12.0. The molecule has 1 unspecified atom stereocenters. The van der Waals surface area contributed by atoms with Crippen molar-refractivity contribution in [3.8, 4) is 0 Å². The Bertz CT molecular complexity index is 843. The van der Waals surface area contributed by atoms with E-state index in [1.54, 1.807) is 6.07 Å². The van der Waals surface area contributed by atoms with Crippen LogP contribution < -0.4 is 5.63 Å². The monoisotopic (exact) mass is 358 g/mol. The number of nitrogens with zero attached hydrogens (tertiary/aromatic N) is 2. The van der Waals surface area contributed by atoms with Gasteiger partial charge in [-0.2, -0.15) is 0 Å². The van der Waals surface area contributed by atoms with E-state index >= 15 is 0 Å². The van der Waals surface area contributed by atoms with Gasteiger partial charge < -0.3 is 14.4 Å². The smallest absolute Gasteiger partial charge is 0.336 e. The van der Waals surface area contributed by atoms with Crippen LogP contribution in [0.1, 0.15) is 29.5 Å². The van der Waals surface area contributed by atoms with Crippen LogP contribution in [0.5, 0.6) is 0 Å². The molecule has 1 aliphatic rings. The van der Waals surface area contributed by atoms with Gasteiger partial charge in [-0.1, -0.05) is 0 Å². The Balaban J connectivity index is 1.91. The minimum absolute atomic E-state index is 0.0937. The highest BCUT2D eigenvalue weighted by atomic mass is 16.4. The number of rotatable bonds is 5. The molecule has 5 nitrogen and oxygen atoms in total. The van der Waals surface area contributed by atoms with Gasteiger partial charge in [0.05, 0.1) is 6.61 Å². The van der Waals surface area contributed by atoms with Crippen molar-refractivity contribution in [2.45, 2.75) is 33.2 Å². The first-order chi connectivity index (χ1) is 12.3. The zero-order valence-electron chi connectivity index (χ0n) is 16.3. The summed E-state index contributed by atoms with van der Waals surface area (Å²) >= 11 is 0. The fourth-order valence-electron chi connectivity index (χ4n) is 4.28. The fraction of sp³-hybridized carbons (Fsp3) is 0.571. The molecule has 2 aromatic rings. The third-order valence-electron chi connectivity index (χ3n) is 5.57. The number of hydrogen-bond donors (Lipinski definition) is 1. The molecule has 5 heteroatoms. The van der Waals surface area contributed by atoms with Gasteiger partial charge in [-0.25, -0.2) is 4.79 Å². The predicted octanol–water partition coefficient (Wildman–Crippen LogP) is 2.55. The van der Waals surface area contributed by atoms with E-state index in [1.165, 1.54) is 5.56 Å². The standard InChI is InChI=1S/C21H30N2O3/c1-15-8-18-17(10-20(25)26-19(18)9-16(15)2)11-23-7-5-6-21(13-23,14-24)12-22(3)4/h8-10,24H,5-7,11-14H2,1-4H3. The summed E-state index contributed by atoms with van der Waals surface area (Å²) in [5, 5.41) is 11.1. The van der Waals surface area contributed by atoms with Crippen LogP contribution in [0.15, 0.2) is 27.4 Å². The number of hydrogen-bond acceptors (Lipinski definition) is 5. The molecule has 1 aromatic carbocycles. The first-order valence-corrected chi connectivity index (χ1v) is 9.34. The maximum absolute atomic E-state index is 12.0. The minimum atomic E-state index is -0.297. The van der Waals surface area contributed by atoms with E-state index in [1.807, 2.05) is 13.0 Å². The molecule has 3 rings (SSSR count). The highest BCUT2D eigenvalue weighted by molar-refractivity contribution is 5.81. The molecule has 26 heavy (non-hydrogen) atoms. The van der Waals surface area contributed by atoms with Gasteiger partial charge in [0.1, 0.15) is 5.58 Å². The lowest BCUT2D eigenvalue weighted by atomic mass is 9.80. The predicted molar refractivity (Wildman–Crippen MR) is 105 cm³/mol. The number of piperidine rings is 1. The Morgan fingerprint density at radius 2 is 1.96 bits per heavy atom. The molecule has 2 heterocycles. The summed E-state index contributed by atoms with van der Waals surface area (Å²) in [5.74, 6) is 0. The van der Waals surface area contributed by atoms with E-state index in [0.717, 1.165) is 49.0 Å². The summed E-state index contributed by atoms with van der Waals surface area (Å²) in [6, 6.07) is 5.69. The summed E-state index contributed by atoms with van der Waals surface area (Å²) in [7, 11) is 4.11. The molecule has 0 radical (unpaired) electrons. The van der Waals surface area contributed by atoms with Crippen molar-refractivity contribution in [1.82, 2.24) is 9.80 Å². The molecule has 1 aromatic heterocycles. The number of aliphatic hydroxyl groups is 1. The van der Waals surface area contributed by atoms with Gasteiger partial charge in [-0.15, -0.1) is 0 Å². The van der Waals surface area contributed by atoms with E-state index < -0.39 is 0 Å². The van der Waals surface area contributed by atoms with Gasteiger partial charge >= 0.3 is 5.63 Å². The van der Waals surface area contributed by atoms with E-state index in [0.29, 0.717) is 12.1 Å². The first kappa shape index (κ1) is 19.1. The van der Waals surface area contributed by atoms with E-state index in [4.69, 9.17) is 4.42 Å². The minimum Gasteiger partial charge on any atom is -0.423 e. The van der Waals surface area contributed by atoms with Crippen molar-refractivity contribution in [2.75, 3.05) is 40.3 Å². The topological polar surface area (TPSA) is 56.9 Å². The summed E-state index contributed by atoms with van der Waals surface area (Å²) in [4.78, 5) is 16.6. The Hall–Kier alpha value is -1.69. The number of aryl methyl sites for hydroxylation is 2. The molecule has 0 spiro atoms. The number of benzene rings is 1. The Kier molecular flexibility index (Phi) is 5.51. The molecule has 1 N–H and O–H groups in total. The average Bonchev–Trinajstić information content (AvgIpc) is 2.56. The van der Waals surface area contributed by atoms with Crippen molar-refractivity contribution in [3.63, 3.8) is 0 Å². The third kappa shape index (κ3) is 4.00. The third-order valence-corrected chi connectivity index (χ3v) is 5.57. The average molecular weight is 358 g/mol. The molecule has 142 valence electrons. The van der Waals surface area contributed by atoms with Crippen molar-refractivity contribution in [3.05, 3.63) is 45.3 Å². The summed E-state index contributed by atoms with van der Waals surface area (Å²) in [5.41, 5.74) is 3.61. The fourth-order valence-corrected chi connectivity index (χ4v) is 4.28. The zero-order valence-corrected chi connectivity index (χ0v) is 16.3. The van der Waals surface area contributed by atoms with Crippen molar-refractivity contribution >= 4 is 11.0 Å². The van der Waals surface area contributed by atoms with Crippen molar-refractivity contribution in [2.24, 2.45) is 5.41 Å². The number of aliphatic hydroxyl groups excluding tert-OH is 1. The Morgan fingerprint density at radius 1 is 1.23 bits per heavy atom.